The zero-order chi connectivity index (χ0) is 9.26. The Morgan fingerprint density at radius 1 is 1.69 bits per heavy atom. The molecule has 1 heterocycles. The van der Waals surface area contributed by atoms with Crippen molar-refractivity contribution in [2.75, 3.05) is 0 Å². The van der Waals surface area contributed by atoms with Crippen molar-refractivity contribution in [2.45, 2.75) is 32.4 Å². The summed E-state index contributed by atoms with van der Waals surface area (Å²) in [6.45, 7) is 2.89. The van der Waals surface area contributed by atoms with Crippen molar-refractivity contribution in [1.29, 1.82) is 0 Å². The van der Waals surface area contributed by atoms with E-state index in [0.717, 1.165) is 28.2 Å². The smallest absolute Gasteiger partial charge is 0.127 e. The first-order valence-corrected chi connectivity index (χ1v) is 5.27. The van der Waals surface area contributed by atoms with Crippen molar-refractivity contribution in [3.05, 3.63) is 15.6 Å². The molecule has 1 aromatic rings. The number of hydrogen-bond acceptors (Lipinski definition) is 3. The Bertz CT molecular complexity index is 344. The number of nitrogens with one attached hydrogen (secondary N) is 1. The van der Waals surface area contributed by atoms with E-state index in [-0.39, 0.29) is 0 Å². The molecule has 0 bridgehead atoms. The second-order valence-electron chi connectivity index (χ2n) is 3.31. The summed E-state index contributed by atoms with van der Waals surface area (Å²) in [5, 5.41) is 4.53. The number of aryl methyl sites for hydroxylation is 1. The minimum absolute atomic E-state index is 0.735. The highest BCUT2D eigenvalue weighted by Crippen LogP contribution is 2.21. The van der Waals surface area contributed by atoms with Crippen molar-refractivity contribution in [3.63, 3.8) is 0 Å². The monoisotopic (exact) mass is 192 g/mol. The third-order valence-corrected chi connectivity index (χ3v) is 3.07. The van der Waals surface area contributed by atoms with Gasteiger partial charge in [0, 0.05) is 17.5 Å². The Kier molecular flexibility index (Phi) is 2.34. The average molecular weight is 192 g/mol. The van der Waals surface area contributed by atoms with Crippen LogP contribution in [-0.2, 0) is 6.54 Å². The molecule has 0 radical (unpaired) electrons. The molecule has 1 saturated carbocycles. The van der Waals surface area contributed by atoms with Gasteiger partial charge in [-0.2, -0.15) is 0 Å². The largest absolute Gasteiger partial charge is 0.308 e. The van der Waals surface area contributed by atoms with Crippen molar-refractivity contribution in [3.8, 4) is 12.3 Å². The fraction of sp³-hybridized carbons (Fsp3) is 0.500. The highest BCUT2D eigenvalue weighted by atomic mass is 32.1. The molecule has 1 aromatic heterocycles. The molecule has 0 amide bonds. The minimum Gasteiger partial charge on any atom is -0.308 e. The Hall–Kier alpha value is -0.850. The van der Waals surface area contributed by atoms with Crippen LogP contribution in [0.15, 0.2) is 0 Å². The molecule has 0 unspecified atom stereocenters. The van der Waals surface area contributed by atoms with E-state index in [1.54, 1.807) is 11.3 Å². The first-order valence-electron chi connectivity index (χ1n) is 4.46. The van der Waals surface area contributed by atoms with Crippen LogP contribution >= 0.6 is 11.3 Å². The van der Waals surface area contributed by atoms with Crippen LogP contribution in [0.3, 0.4) is 0 Å². The third-order valence-electron chi connectivity index (χ3n) is 2.10. The molecule has 1 N–H and O–H groups in total. The van der Waals surface area contributed by atoms with E-state index in [0.29, 0.717) is 0 Å². The number of terminal acetylenes is 1. The summed E-state index contributed by atoms with van der Waals surface area (Å²) in [7, 11) is 0. The molecule has 1 aliphatic rings. The molecule has 0 atom stereocenters. The zero-order valence-electron chi connectivity index (χ0n) is 7.63. The van der Waals surface area contributed by atoms with Crippen LogP contribution in [0.25, 0.3) is 0 Å². The summed E-state index contributed by atoms with van der Waals surface area (Å²) in [6.07, 6.45) is 7.93. The van der Waals surface area contributed by atoms with Crippen molar-refractivity contribution in [1.82, 2.24) is 10.3 Å². The molecule has 0 aromatic carbocycles. The molecule has 1 fully saturated rings. The average Bonchev–Trinajstić information content (AvgIpc) is 2.87. The predicted molar refractivity (Wildman–Crippen MR) is 54.6 cm³/mol. The Labute approximate surface area is 82.4 Å². The molecule has 3 heteroatoms. The zero-order valence-corrected chi connectivity index (χ0v) is 8.45. The topological polar surface area (TPSA) is 24.9 Å². The number of nitrogens with zero attached hydrogens (tertiary/aromatic N) is 1. The summed E-state index contributed by atoms with van der Waals surface area (Å²) in [5.41, 5.74) is 0.803. The molecule has 0 aliphatic heterocycles. The van der Waals surface area contributed by atoms with Gasteiger partial charge in [-0.1, -0.05) is 0 Å². The number of thiazole rings is 1. The van der Waals surface area contributed by atoms with E-state index in [1.165, 1.54) is 12.8 Å². The van der Waals surface area contributed by atoms with Gasteiger partial charge in [0.05, 0.1) is 0 Å². The number of rotatable bonds is 3. The highest BCUT2D eigenvalue weighted by Gasteiger charge is 2.20. The van der Waals surface area contributed by atoms with E-state index in [1.807, 2.05) is 6.92 Å². The van der Waals surface area contributed by atoms with Crippen LogP contribution in [0.5, 0.6) is 0 Å². The SMILES string of the molecule is C#Cc1nc(CNC2CC2)sc1C. The quantitative estimate of drug-likeness (QED) is 0.737. The maximum atomic E-state index is 5.31. The lowest BCUT2D eigenvalue weighted by molar-refractivity contribution is 0.684. The van der Waals surface area contributed by atoms with Crippen LogP contribution in [0, 0.1) is 19.3 Å². The lowest BCUT2D eigenvalue weighted by Gasteiger charge is -1.96. The molecule has 0 saturated heterocycles. The second kappa shape index (κ2) is 3.49. The van der Waals surface area contributed by atoms with Gasteiger partial charge < -0.3 is 5.32 Å². The summed E-state index contributed by atoms with van der Waals surface area (Å²) >= 11 is 1.69. The van der Waals surface area contributed by atoms with Crippen LogP contribution in [0.2, 0.25) is 0 Å². The van der Waals surface area contributed by atoms with Gasteiger partial charge in [-0.15, -0.1) is 17.8 Å². The van der Waals surface area contributed by atoms with Crippen molar-refractivity contribution >= 4 is 11.3 Å². The van der Waals surface area contributed by atoms with Gasteiger partial charge in [0.25, 0.3) is 0 Å². The van der Waals surface area contributed by atoms with Crippen molar-refractivity contribution < 1.29 is 0 Å². The van der Waals surface area contributed by atoms with E-state index in [4.69, 9.17) is 6.42 Å². The van der Waals surface area contributed by atoms with Crippen molar-refractivity contribution in [2.24, 2.45) is 0 Å². The lowest BCUT2D eigenvalue weighted by Crippen LogP contribution is -2.14. The summed E-state index contributed by atoms with van der Waals surface area (Å²) in [6, 6.07) is 0.735. The van der Waals surface area contributed by atoms with Crippen LogP contribution in [0.4, 0.5) is 0 Å². The molecule has 0 spiro atoms. The van der Waals surface area contributed by atoms with Gasteiger partial charge in [-0.25, -0.2) is 4.98 Å². The lowest BCUT2D eigenvalue weighted by atomic mass is 10.4. The first kappa shape index (κ1) is 8.74. The van der Waals surface area contributed by atoms with Crippen LogP contribution < -0.4 is 5.32 Å². The van der Waals surface area contributed by atoms with Gasteiger partial charge in [-0.3, -0.25) is 0 Å². The van der Waals surface area contributed by atoms with Gasteiger partial charge in [0.1, 0.15) is 10.7 Å². The highest BCUT2D eigenvalue weighted by molar-refractivity contribution is 7.11. The standard InChI is InChI=1S/C10H12N2S/c1-3-9-7(2)13-10(12-9)6-11-8-4-5-8/h1,8,11H,4-6H2,2H3. The van der Waals surface area contributed by atoms with E-state index in [2.05, 4.69) is 16.2 Å². The van der Waals surface area contributed by atoms with Gasteiger partial charge in [0.15, 0.2) is 0 Å². The Morgan fingerprint density at radius 2 is 2.46 bits per heavy atom. The van der Waals surface area contributed by atoms with Crippen LogP contribution in [-0.4, -0.2) is 11.0 Å². The maximum Gasteiger partial charge on any atom is 0.127 e. The fourth-order valence-corrected chi connectivity index (χ4v) is 2.03. The molecule has 13 heavy (non-hydrogen) atoms. The molecule has 2 rings (SSSR count). The van der Waals surface area contributed by atoms with E-state index < -0.39 is 0 Å². The predicted octanol–water partition coefficient (Wildman–Crippen LogP) is 1.68. The number of aromatic nitrogens is 1. The molecule has 1 aliphatic carbocycles. The third kappa shape index (κ3) is 2.09. The van der Waals surface area contributed by atoms with Crippen LogP contribution in [0.1, 0.15) is 28.4 Å². The minimum atomic E-state index is 0.735. The van der Waals surface area contributed by atoms with Gasteiger partial charge in [0.2, 0.25) is 0 Å². The first-order chi connectivity index (χ1) is 6.29. The Morgan fingerprint density at radius 3 is 3.00 bits per heavy atom. The molecular weight excluding hydrogens is 180 g/mol. The molecular formula is C10H12N2S. The molecule has 2 nitrogen and oxygen atoms in total. The summed E-state index contributed by atoms with van der Waals surface area (Å²) < 4.78 is 0. The maximum absolute atomic E-state index is 5.31. The second-order valence-corrected chi connectivity index (χ2v) is 4.60. The summed E-state index contributed by atoms with van der Waals surface area (Å²) in [5.74, 6) is 2.59. The van der Waals surface area contributed by atoms with E-state index >= 15 is 0 Å². The molecule has 68 valence electrons. The van der Waals surface area contributed by atoms with Gasteiger partial charge >= 0.3 is 0 Å². The summed E-state index contributed by atoms with van der Waals surface area (Å²) in [4.78, 5) is 5.50. The fourth-order valence-electron chi connectivity index (χ4n) is 1.18. The number of hydrogen-bond donors (Lipinski definition) is 1. The van der Waals surface area contributed by atoms with Gasteiger partial charge in [-0.05, 0) is 25.7 Å². The normalized spacial score (nSPS) is 15.7. The van der Waals surface area contributed by atoms with E-state index in [9.17, 15) is 0 Å². The Balaban J connectivity index is 1.99.